The van der Waals surface area contributed by atoms with Gasteiger partial charge in [0.15, 0.2) is 46.0 Å². The van der Waals surface area contributed by atoms with Gasteiger partial charge in [0, 0.05) is 45.9 Å². The fraction of sp³-hybridized carbons (Fsp3) is 0.233. The Morgan fingerprint density at radius 1 is 0.556 bits per heavy atom. The molecule has 0 aromatic heterocycles. The minimum atomic E-state index is -0.441. The van der Waals surface area contributed by atoms with E-state index in [9.17, 15) is 4.79 Å². The summed E-state index contributed by atoms with van der Waals surface area (Å²) in [5.74, 6) is 5.18. The molecular weight excluding hydrogens is 688 g/mol. The van der Waals surface area contributed by atoms with Crippen LogP contribution in [0.2, 0.25) is 0 Å². The quantitative estimate of drug-likeness (QED) is 0.157. The average Bonchev–Trinajstić information content (AvgIpc) is 3.87. The third-order valence-electron chi connectivity index (χ3n) is 11.0. The summed E-state index contributed by atoms with van der Waals surface area (Å²) in [6, 6.07) is 23.3. The molecule has 6 aromatic carbocycles. The number of fused-ring (bicyclic) bond motifs is 12. The van der Waals surface area contributed by atoms with E-state index in [4.69, 9.17) is 37.9 Å². The van der Waals surface area contributed by atoms with Gasteiger partial charge in [-0.25, -0.2) is 0 Å². The summed E-state index contributed by atoms with van der Waals surface area (Å²) in [5.41, 5.74) is 7.46. The van der Waals surface area contributed by atoms with Crippen LogP contribution in [0, 0.1) is 0 Å². The predicted octanol–water partition coefficient (Wildman–Crippen LogP) is 8.80. The first kappa shape index (κ1) is 32.2. The Bertz CT molecular complexity index is 2390. The predicted molar refractivity (Wildman–Crippen MR) is 204 cm³/mol. The third kappa shape index (κ3) is 4.77. The molecule has 2 N–H and O–H groups in total. The fourth-order valence-electron chi connectivity index (χ4n) is 8.59. The number of nitrogens with one attached hydrogen (secondary N) is 2. The number of ketones is 1. The molecule has 4 heterocycles. The van der Waals surface area contributed by atoms with Gasteiger partial charge in [-0.15, -0.1) is 0 Å². The average molecular weight is 725 g/mol. The van der Waals surface area contributed by atoms with Gasteiger partial charge in [-0.05, 0) is 70.4 Å². The highest BCUT2D eigenvalue weighted by Gasteiger charge is 2.36. The molecule has 11 nitrogen and oxygen atoms in total. The summed E-state index contributed by atoms with van der Waals surface area (Å²) >= 11 is 0. The molecule has 272 valence electrons. The van der Waals surface area contributed by atoms with Crippen LogP contribution in [0.1, 0.15) is 36.1 Å². The first-order chi connectivity index (χ1) is 26.5. The summed E-state index contributed by atoms with van der Waals surface area (Å²) in [6.07, 6.45) is 0.329. The lowest BCUT2D eigenvalue weighted by atomic mass is 9.82. The van der Waals surface area contributed by atoms with Crippen molar-refractivity contribution in [1.82, 2.24) is 0 Å². The van der Waals surface area contributed by atoms with Crippen LogP contribution in [0.25, 0.3) is 43.8 Å². The van der Waals surface area contributed by atoms with Crippen molar-refractivity contribution in [3.05, 3.63) is 83.9 Å². The topological polar surface area (TPSA) is 115 Å². The first-order valence-corrected chi connectivity index (χ1v) is 17.8. The Morgan fingerprint density at radius 2 is 0.963 bits per heavy atom. The van der Waals surface area contributed by atoms with Gasteiger partial charge in [-0.3, -0.25) is 4.79 Å². The SMILES string of the molecule is COc1ccc2c(c1OC)[C@H](CC(=O)C[C@H]1Nc3c(ccc4cc5c(cc34)OCO5)-c3ccc(OC)c(OC)c31)Nc1c-2ccc2cc3c(cc12)OCO3. The van der Waals surface area contributed by atoms with Crippen LogP contribution in [0.3, 0.4) is 0 Å². The Balaban J connectivity index is 1.06. The Morgan fingerprint density at radius 3 is 1.37 bits per heavy atom. The first-order valence-electron chi connectivity index (χ1n) is 17.8. The second kappa shape index (κ2) is 12.3. The van der Waals surface area contributed by atoms with Crippen molar-refractivity contribution in [3.63, 3.8) is 0 Å². The summed E-state index contributed by atoms with van der Waals surface area (Å²) in [6.45, 7) is 0.357. The molecule has 11 heteroatoms. The van der Waals surface area contributed by atoms with E-state index >= 15 is 0 Å². The fourth-order valence-corrected chi connectivity index (χ4v) is 8.59. The maximum absolute atomic E-state index is 14.7. The van der Waals surface area contributed by atoms with Crippen LogP contribution >= 0.6 is 0 Å². The smallest absolute Gasteiger partial charge is 0.231 e. The highest BCUT2D eigenvalue weighted by atomic mass is 16.7. The Hall–Kier alpha value is -6.49. The highest BCUT2D eigenvalue weighted by Crippen LogP contribution is 2.54. The second-order valence-corrected chi connectivity index (χ2v) is 13.7. The largest absolute Gasteiger partial charge is 0.493 e. The summed E-state index contributed by atoms with van der Waals surface area (Å²) in [7, 11) is 6.50. The number of ether oxygens (including phenoxy) is 8. The summed E-state index contributed by atoms with van der Waals surface area (Å²) < 4.78 is 46.4. The molecule has 0 aliphatic carbocycles. The minimum absolute atomic E-state index is 0.0271. The molecule has 0 radical (unpaired) electrons. The van der Waals surface area contributed by atoms with Crippen molar-refractivity contribution >= 4 is 38.7 Å². The van der Waals surface area contributed by atoms with E-state index in [1.165, 1.54) is 0 Å². The zero-order chi connectivity index (χ0) is 36.7. The number of carbonyl (C=O) groups is 1. The zero-order valence-corrected chi connectivity index (χ0v) is 30.1. The van der Waals surface area contributed by atoms with Gasteiger partial charge in [-0.2, -0.15) is 0 Å². The van der Waals surface area contributed by atoms with Crippen molar-refractivity contribution in [2.24, 2.45) is 0 Å². The van der Waals surface area contributed by atoms with Crippen LogP contribution in [0.5, 0.6) is 46.0 Å². The molecule has 0 saturated heterocycles. The van der Waals surface area contributed by atoms with Crippen LogP contribution in [0.4, 0.5) is 11.4 Å². The number of rotatable bonds is 8. The van der Waals surface area contributed by atoms with Crippen LogP contribution in [-0.2, 0) is 4.79 Å². The van der Waals surface area contributed by atoms with Gasteiger partial charge < -0.3 is 48.5 Å². The zero-order valence-electron chi connectivity index (χ0n) is 30.1. The maximum atomic E-state index is 14.7. The molecule has 6 aromatic rings. The number of methoxy groups -OCH3 is 4. The molecule has 0 unspecified atom stereocenters. The molecule has 0 bridgehead atoms. The van der Waals surface area contributed by atoms with E-state index in [1.807, 2.05) is 48.5 Å². The molecule has 0 spiro atoms. The van der Waals surface area contributed by atoms with E-state index in [1.54, 1.807) is 28.4 Å². The normalized spacial score (nSPS) is 16.7. The number of Topliss-reactive ketones (excluding diaryl/α,β-unsaturated/α-hetero) is 1. The van der Waals surface area contributed by atoms with Crippen LogP contribution in [0.15, 0.2) is 72.8 Å². The number of hydrogen-bond acceptors (Lipinski definition) is 11. The standard InChI is InChI=1S/C43H36N2O9/c1-47-32-11-9-24-26-7-5-21-13-34-36(53-19-51-34)17-28(21)40(26)44-30(38(24)42(32)49-3)15-23(46)16-31-39-25(10-12-33(48-2)43(39)50-4)27-8-6-22-14-35-37(54-20-52-35)18-29(22)41(27)45-31/h5-14,17-18,30-31,44-45H,15-16,19-20H2,1-4H3/t30-,31+. The molecule has 10 rings (SSSR count). The summed E-state index contributed by atoms with van der Waals surface area (Å²) in [5, 5.41) is 11.5. The molecule has 0 fully saturated rings. The monoisotopic (exact) mass is 724 g/mol. The van der Waals surface area contributed by atoms with Crippen molar-refractivity contribution in [2.45, 2.75) is 24.9 Å². The van der Waals surface area contributed by atoms with Gasteiger partial charge >= 0.3 is 0 Å². The van der Waals surface area contributed by atoms with E-state index in [2.05, 4.69) is 34.9 Å². The lowest BCUT2D eigenvalue weighted by Gasteiger charge is -2.34. The van der Waals surface area contributed by atoms with E-state index in [0.29, 0.717) is 46.0 Å². The number of hydrogen-bond donors (Lipinski definition) is 2. The van der Waals surface area contributed by atoms with Gasteiger partial charge in [0.2, 0.25) is 13.6 Å². The van der Waals surface area contributed by atoms with Crippen molar-refractivity contribution in [3.8, 4) is 68.2 Å². The van der Waals surface area contributed by atoms with Crippen LogP contribution in [-0.4, -0.2) is 47.8 Å². The number of benzene rings is 6. The Labute approximate surface area is 310 Å². The van der Waals surface area contributed by atoms with Gasteiger partial charge in [0.05, 0.1) is 51.9 Å². The number of anilines is 2. The van der Waals surface area contributed by atoms with E-state index < -0.39 is 12.1 Å². The van der Waals surface area contributed by atoms with E-state index in [-0.39, 0.29) is 32.2 Å². The Kier molecular flexibility index (Phi) is 7.33. The van der Waals surface area contributed by atoms with Gasteiger partial charge in [-0.1, -0.05) is 24.3 Å². The molecule has 54 heavy (non-hydrogen) atoms. The molecule has 4 aliphatic heterocycles. The van der Waals surface area contributed by atoms with Crippen molar-refractivity contribution in [2.75, 3.05) is 52.7 Å². The molecular formula is C43H36N2O9. The number of carbonyl (C=O) groups excluding carboxylic acids is 1. The van der Waals surface area contributed by atoms with Crippen molar-refractivity contribution in [1.29, 1.82) is 0 Å². The summed E-state index contributed by atoms with van der Waals surface area (Å²) in [4.78, 5) is 14.7. The minimum Gasteiger partial charge on any atom is -0.493 e. The third-order valence-corrected chi connectivity index (χ3v) is 11.0. The molecule has 4 aliphatic rings. The maximum Gasteiger partial charge on any atom is 0.231 e. The van der Waals surface area contributed by atoms with Crippen LogP contribution < -0.4 is 48.5 Å². The molecule has 2 atom stereocenters. The lowest BCUT2D eigenvalue weighted by Crippen LogP contribution is -2.25. The van der Waals surface area contributed by atoms with Gasteiger partial charge in [0.25, 0.3) is 0 Å². The second-order valence-electron chi connectivity index (χ2n) is 13.7. The molecule has 0 saturated carbocycles. The molecule has 0 amide bonds. The van der Waals surface area contributed by atoms with Gasteiger partial charge in [0.1, 0.15) is 5.78 Å². The highest BCUT2D eigenvalue weighted by molar-refractivity contribution is 6.07. The van der Waals surface area contributed by atoms with E-state index in [0.717, 1.165) is 66.3 Å². The lowest BCUT2D eigenvalue weighted by molar-refractivity contribution is -0.119. The van der Waals surface area contributed by atoms with Crippen molar-refractivity contribution < 1.29 is 42.7 Å².